The quantitative estimate of drug-likeness (QED) is 0.581. The number of amides is 2. The minimum absolute atomic E-state index is 0.140. The standard InChI is InChI=1S/C22H25Cl3N2O2/c1-14(2)12-26-22(29)15(3)27(13-18-19(24)5-4-6-20(18)25)21(28)11-16-7-9-17(23)10-8-16/h4-10,14-15H,11-13H2,1-3H3,(H,26,29)/t15-/m0/s1. The molecule has 0 spiro atoms. The second-order valence-electron chi connectivity index (χ2n) is 7.34. The highest BCUT2D eigenvalue weighted by Gasteiger charge is 2.27. The normalized spacial score (nSPS) is 12.0. The van der Waals surface area contributed by atoms with Crippen LogP contribution >= 0.6 is 34.8 Å². The average molecular weight is 456 g/mol. The van der Waals surface area contributed by atoms with E-state index in [0.29, 0.717) is 33.1 Å². The van der Waals surface area contributed by atoms with E-state index >= 15 is 0 Å². The number of hydrogen-bond acceptors (Lipinski definition) is 2. The zero-order chi connectivity index (χ0) is 21.6. The molecule has 7 heteroatoms. The minimum Gasteiger partial charge on any atom is -0.354 e. The predicted molar refractivity (Wildman–Crippen MR) is 119 cm³/mol. The zero-order valence-electron chi connectivity index (χ0n) is 16.7. The summed E-state index contributed by atoms with van der Waals surface area (Å²) in [6.45, 7) is 6.41. The third kappa shape index (κ3) is 6.91. The van der Waals surface area contributed by atoms with E-state index in [2.05, 4.69) is 5.32 Å². The molecule has 0 aromatic heterocycles. The summed E-state index contributed by atoms with van der Waals surface area (Å²) in [6.07, 6.45) is 0.140. The smallest absolute Gasteiger partial charge is 0.242 e. The highest BCUT2D eigenvalue weighted by molar-refractivity contribution is 6.36. The van der Waals surface area contributed by atoms with Gasteiger partial charge < -0.3 is 10.2 Å². The van der Waals surface area contributed by atoms with Crippen molar-refractivity contribution in [2.24, 2.45) is 5.92 Å². The van der Waals surface area contributed by atoms with Crippen LogP contribution < -0.4 is 5.32 Å². The largest absolute Gasteiger partial charge is 0.354 e. The van der Waals surface area contributed by atoms with Gasteiger partial charge in [-0.15, -0.1) is 0 Å². The Kier molecular flexibility index (Phi) is 8.81. The van der Waals surface area contributed by atoms with Crippen LogP contribution in [-0.4, -0.2) is 29.3 Å². The van der Waals surface area contributed by atoms with Gasteiger partial charge in [-0.2, -0.15) is 0 Å². The fourth-order valence-electron chi connectivity index (χ4n) is 2.77. The number of benzene rings is 2. The topological polar surface area (TPSA) is 49.4 Å². The van der Waals surface area contributed by atoms with Crippen LogP contribution in [0.1, 0.15) is 31.9 Å². The fourth-order valence-corrected chi connectivity index (χ4v) is 3.41. The number of hydrogen-bond donors (Lipinski definition) is 1. The Morgan fingerprint density at radius 2 is 1.55 bits per heavy atom. The minimum atomic E-state index is -0.680. The number of carbonyl (C=O) groups is 2. The molecular formula is C22H25Cl3N2O2. The highest BCUT2D eigenvalue weighted by atomic mass is 35.5. The maximum absolute atomic E-state index is 13.1. The van der Waals surface area contributed by atoms with Crippen molar-refractivity contribution >= 4 is 46.6 Å². The summed E-state index contributed by atoms with van der Waals surface area (Å²) < 4.78 is 0. The van der Waals surface area contributed by atoms with Crippen LogP contribution in [0.4, 0.5) is 0 Å². The molecule has 156 valence electrons. The van der Waals surface area contributed by atoms with Crippen molar-refractivity contribution in [3.63, 3.8) is 0 Å². The third-order valence-corrected chi connectivity index (χ3v) is 5.47. The molecule has 2 aromatic carbocycles. The van der Waals surface area contributed by atoms with Crippen LogP contribution in [0.3, 0.4) is 0 Å². The summed E-state index contributed by atoms with van der Waals surface area (Å²) in [5.74, 6) is -0.107. The van der Waals surface area contributed by atoms with Crippen LogP contribution in [0, 0.1) is 5.92 Å². The van der Waals surface area contributed by atoms with Gasteiger partial charge in [-0.3, -0.25) is 9.59 Å². The molecule has 0 bridgehead atoms. The number of halogens is 3. The van der Waals surface area contributed by atoms with Gasteiger partial charge in [-0.25, -0.2) is 0 Å². The van der Waals surface area contributed by atoms with Gasteiger partial charge in [0, 0.05) is 33.7 Å². The Morgan fingerprint density at radius 3 is 2.10 bits per heavy atom. The van der Waals surface area contributed by atoms with E-state index in [-0.39, 0.29) is 24.8 Å². The summed E-state index contributed by atoms with van der Waals surface area (Å²) in [5, 5.41) is 4.40. The molecule has 1 N–H and O–H groups in total. The van der Waals surface area contributed by atoms with Crippen molar-refractivity contribution in [3.05, 3.63) is 68.7 Å². The van der Waals surface area contributed by atoms with Crippen molar-refractivity contribution in [2.75, 3.05) is 6.54 Å². The molecule has 0 aliphatic carbocycles. The van der Waals surface area contributed by atoms with Crippen LogP contribution in [-0.2, 0) is 22.6 Å². The zero-order valence-corrected chi connectivity index (χ0v) is 19.0. The van der Waals surface area contributed by atoms with E-state index in [1.807, 2.05) is 13.8 Å². The van der Waals surface area contributed by atoms with E-state index in [0.717, 1.165) is 5.56 Å². The molecule has 29 heavy (non-hydrogen) atoms. The highest BCUT2D eigenvalue weighted by Crippen LogP contribution is 2.27. The molecule has 0 heterocycles. The molecule has 4 nitrogen and oxygen atoms in total. The fraction of sp³-hybridized carbons (Fsp3) is 0.364. The molecule has 0 aliphatic rings. The van der Waals surface area contributed by atoms with Crippen molar-refractivity contribution in [1.29, 1.82) is 0 Å². The third-order valence-electron chi connectivity index (χ3n) is 4.51. The second kappa shape index (κ2) is 10.9. The van der Waals surface area contributed by atoms with Crippen LogP contribution in [0.15, 0.2) is 42.5 Å². The number of nitrogens with zero attached hydrogens (tertiary/aromatic N) is 1. The molecule has 2 aromatic rings. The lowest BCUT2D eigenvalue weighted by Crippen LogP contribution is -2.48. The first kappa shape index (κ1) is 23.5. The summed E-state index contributed by atoms with van der Waals surface area (Å²) in [6, 6.07) is 11.6. The SMILES string of the molecule is CC(C)CNC(=O)[C@H](C)N(Cc1c(Cl)cccc1Cl)C(=O)Cc1ccc(Cl)cc1. The number of carbonyl (C=O) groups excluding carboxylic acids is 2. The van der Waals surface area contributed by atoms with Gasteiger partial charge >= 0.3 is 0 Å². The Morgan fingerprint density at radius 1 is 0.966 bits per heavy atom. The molecule has 2 amide bonds. The van der Waals surface area contributed by atoms with Crippen molar-refractivity contribution in [2.45, 2.75) is 39.8 Å². The molecule has 1 atom stereocenters. The Hall–Kier alpha value is -1.75. The summed E-state index contributed by atoms with van der Waals surface area (Å²) >= 11 is 18.5. The van der Waals surface area contributed by atoms with Crippen molar-refractivity contribution < 1.29 is 9.59 Å². The monoisotopic (exact) mass is 454 g/mol. The molecule has 0 saturated heterocycles. The lowest BCUT2D eigenvalue weighted by molar-refractivity contribution is -0.140. The molecule has 0 unspecified atom stereocenters. The number of rotatable bonds is 8. The van der Waals surface area contributed by atoms with Gasteiger partial charge in [0.05, 0.1) is 6.42 Å². The molecule has 0 aliphatic heterocycles. The van der Waals surface area contributed by atoms with Crippen molar-refractivity contribution in [3.8, 4) is 0 Å². The summed E-state index contributed by atoms with van der Waals surface area (Å²) in [7, 11) is 0. The first-order chi connectivity index (χ1) is 13.7. The molecule has 0 radical (unpaired) electrons. The average Bonchev–Trinajstić information content (AvgIpc) is 2.67. The maximum atomic E-state index is 13.1. The van der Waals surface area contributed by atoms with E-state index < -0.39 is 6.04 Å². The molecule has 0 fully saturated rings. The Balaban J connectivity index is 2.27. The van der Waals surface area contributed by atoms with Gasteiger partial charge in [0.2, 0.25) is 11.8 Å². The Bertz CT molecular complexity index is 833. The van der Waals surface area contributed by atoms with E-state index in [9.17, 15) is 9.59 Å². The molecule has 0 saturated carbocycles. The van der Waals surface area contributed by atoms with Crippen LogP contribution in [0.2, 0.25) is 15.1 Å². The number of nitrogens with one attached hydrogen (secondary N) is 1. The lowest BCUT2D eigenvalue weighted by Gasteiger charge is -2.29. The predicted octanol–water partition coefficient (Wildman–Crippen LogP) is 5.38. The lowest BCUT2D eigenvalue weighted by atomic mass is 10.1. The van der Waals surface area contributed by atoms with E-state index in [1.165, 1.54) is 4.90 Å². The summed E-state index contributed by atoms with van der Waals surface area (Å²) in [5.41, 5.74) is 1.42. The van der Waals surface area contributed by atoms with E-state index in [4.69, 9.17) is 34.8 Å². The van der Waals surface area contributed by atoms with Crippen LogP contribution in [0.25, 0.3) is 0 Å². The van der Waals surface area contributed by atoms with Gasteiger partial charge in [-0.05, 0) is 42.7 Å². The van der Waals surface area contributed by atoms with Gasteiger partial charge in [0.15, 0.2) is 0 Å². The van der Waals surface area contributed by atoms with Crippen molar-refractivity contribution in [1.82, 2.24) is 10.2 Å². The van der Waals surface area contributed by atoms with Gasteiger partial charge in [0.25, 0.3) is 0 Å². The maximum Gasteiger partial charge on any atom is 0.242 e. The molecule has 2 rings (SSSR count). The first-order valence-electron chi connectivity index (χ1n) is 9.43. The van der Waals surface area contributed by atoms with Crippen LogP contribution in [0.5, 0.6) is 0 Å². The van der Waals surface area contributed by atoms with E-state index in [1.54, 1.807) is 49.4 Å². The molecular weight excluding hydrogens is 431 g/mol. The van der Waals surface area contributed by atoms with Gasteiger partial charge in [-0.1, -0.05) is 66.8 Å². The first-order valence-corrected chi connectivity index (χ1v) is 10.6. The van der Waals surface area contributed by atoms with Gasteiger partial charge in [0.1, 0.15) is 6.04 Å². The second-order valence-corrected chi connectivity index (χ2v) is 8.59. The summed E-state index contributed by atoms with van der Waals surface area (Å²) in [4.78, 5) is 27.3. The Labute approximate surface area is 187 Å².